The molecule has 7 heteroatoms. The van der Waals surface area contributed by atoms with E-state index in [9.17, 15) is 17.6 Å². The van der Waals surface area contributed by atoms with Crippen LogP contribution in [0.3, 0.4) is 0 Å². The summed E-state index contributed by atoms with van der Waals surface area (Å²) in [5, 5.41) is -2.11. The van der Waals surface area contributed by atoms with Crippen LogP contribution in [0.1, 0.15) is 17.9 Å². The van der Waals surface area contributed by atoms with Crippen LogP contribution in [0, 0.1) is 0 Å². The van der Waals surface area contributed by atoms with Gasteiger partial charge in [0.05, 0.1) is 6.61 Å². The molecular formula is C11H10BrClF4O. The van der Waals surface area contributed by atoms with Crippen molar-refractivity contribution in [3.8, 4) is 5.75 Å². The lowest BCUT2D eigenvalue weighted by molar-refractivity contribution is -0.130. The molecule has 1 atom stereocenters. The van der Waals surface area contributed by atoms with E-state index in [2.05, 4.69) is 15.9 Å². The van der Waals surface area contributed by atoms with Crippen LogP contribution in [0.4, 0.5) is 17.6 Å². The van der Waals surface area contributed by atoms with Crippen molar-refractivity contribution in [2.45, 2.75) is 24.6 Å². The predicted molar refractivity (Wildman–Crippen MR) is 64.9 cm³/mol. The van der Waals surface area contributed by atoms with Gasteiger partial charge in [-0.3, -0.25) is 0 Å². The number of hydrogen-bond acceptors (Lipinski definition) is 1. The van der Waals surface area contributed by atoms with Gasteiger partial charge in [0.2, 0.25) is 0 Å². The third kappa shape index (κ3) is 3.29. The minimum atomic E-state index is -4.29. The van der Waals surface area contributed by atoms with E-state index in [-0.39, 0.29) is 10.0 Å². The molecule has 0 radical (unpaired) electrons. The first kappa shape index (κ1) is 15.6. The smallest absolute Gasteiger partial charge is 0.327 e. The molecule has 0 aliphatic carbocycles. The molecule has 18 heavy (non-hydrogen) atoms. The first-order chi connectivity index (χ1) is 8.30. The second-order valence-electron chi connectivity index (χ2n) is 3.45. The largest absolute Gasteiger partial charge is 0.494 e. The normalized spacial score (nSPS) is 13.8. The molecule has 1 rings (SSSR count). The van der Waals surface area contributed by atoms with Gasteiger partial charge in [0.1, 0.15) is 11.1 Å². The van der Waals surface area contributed by atoms with Crippen LogP contribution in [0.5, 0.6) is 5.75 Å². The zero-order valence-electron chi connectivity index (χ0n) is 9.27. The van der Waals surface area contributed by atoms with E-state index in [4.69, 9.17) is 16.3 Å². The SMILES string of the molecule is CCOc1ccc(C(Cl)C(F)(F)C(F)F)c(Br)c1. The monoisotopic (exact) mass is 348 g/mol. The summed E-state index contributed by atoms with van der Waals surface area (Å²) in [5.41, 5.74) is -0.106. The second kappa shape index (κ2) is 6.10. The molecule has 0 bridgehead atoms. The van der Waals surface area contributed by atoms with Crippen molar-refractivity contribution in [3.63, 3.8) is 0 Å². The van der Waals surface area contributed by atoms with Crippen LogP contribution in [0.25, 0.3) is 0 Å². The highest BCUT2D eigenvalue weighted by Gasteiger charge is 2.49. The topological polar surface area (TPSA) is 9.23 Å². The average molecular weight is 350 g/mol. The van der Waals surface area contributed by atoms with Gasteiger partial charge in [-0.1, -0.05) is 22.0 Å². The third-order valence-electron chi connectivity index (χ3n) is 2.18. The van der Waals surface area contributed by atoms with E-state index in [0.717, 1.165) is 0 Å². The van der Waals surface area contributed by atoms with E-state index in [1.165, 1.54) is 18.2 Å². The highest BCUT2D eigenvalue weighted by molar-refractivity contribution is 9.10. The van der Waals surface area contributed by atoms with Crippen LogP contribution < -0.4 is 4.74 Å². The molecule has 0 aliphatic heterocycles. The predicted octanol–water partition coefficient (Wildman–Crippen LogP) is 5.03. The van der Waals surface area contributed by atoms with E-state index in [1.807, 2.05) is 0 Å². The minimum Gasteiger partial charge on any atom is -0.494 e. The summed E-state index contributed by atoms with van der Waals surface area (Å²) in [6, 6.07) is 4.05. The zero-order chi connectivity index (χ0) is 13.9. The summed E-state index contributed by atoms with van der Waals surface area (Å²) >= 11 is 8.44. The molecule has 0 aromatic heterocycles. The fourth-order valence-corrected chi connectivity index (χ4v) is 2.29. The summed E-state index contributed by atoms with van der Waals surface area (Å²) in [6.07, 6.45) is -3.82. The lowest BCUT2D eigenvalue weighted by Crippen LogP contribution is -2.31. The van der Waals surface area contributed by atoms with Gasteiger partial charge < -0.3 is 4.74 Å². The Morgan fingerprint density at radius 1 is 1.39 bits per heavy atom. The molecule has 0 fully saturated rings. The van der Waals surface area contributed by atoms with Gasteiger partial charge in [0.15, 0.2) is 0 Å². The van der Waals surface area contributed by atoms with Gasteiger partial charge in [-0.15, -0.1) is 11.6 Å². The quantitative estimate of drug-likeness (QED) is 0.535. The molecule has 1 unspecified atom stereocenters. The maximum absolute atomic E-state index is 13.1. The first-order valence-electron chi connectivity index (χ1n) is 5.03. The fourth-order valence-electron chi connectivity index (χ4n) is 1.29. The molecule has 0 N–H and O–H groups in total. The molecule has 1 aromatic rings. The molecule has 0 saturated heterocycles. The molecular weight excluding hydrogens is 339 g/mol. The molecule has 102 valence electrons. The zero-order valence-corrected chi connectivity index (χ0v) is 11.6. The lowest BCUT2D eigenvalue weighted by Gasteiger charge is -2.22. The van der Waals surface area contributed by atoms with Gasteiger partial charge in [0.25, 0.3) is 0 Å². The van der Waals surface area contributed by atoms with Gasteiger partial charge in [0, 0.05) is 4.47 Å². The lowest BCUT2D eigenvalue weighted by atomic mass is 10.1. The summed E-state index contributed by atoms with van der Waals surface area (Å²) < 4.78 is 56.0. The molecule has 0 spiro atoms. The fraction of sp³-hybridized carbons (Fsp3) is 0.455. The van der Waals surface area contributed by atoms with Crippen LogP contribution in [0.15, 0.2) is 22.7 Å². The van der Waals surface area contributed by atoms with Crippen LogP contribution >= 0.6 is 27.5 Å². The van der Waals surface area contributed by atoms with E-state index in [0.29, 0.717) is 12.4 Å². The third-order valence-corrected chi connectivity index (χ3v) is 3.40. The Bertz CT molecular complexity index is 414. The standard InChI is InChI=1S/C11H10BrClF4O/c1-2-18-6-3-4-7(8(12)5-6)9(13)11(16,17)10(14)15/h3-5,9-10H,2H2,1H3. The number of ether oxygens (including phenoxy) is 1. The Hall–Kier alpha value is -0.490. The van der Waals surface area contributed by atoms with Gasteiger partial charge in [-0.2, -0.15) is 8.78 Å². The van der Waals surface area contributed by atoms with Crippen molar-refractivity contribution in [2.24, 2.45) is 0 Å². The van der Waals surface area contributed by atoms with Crippen molar-refractivity contribution in [3.05, 3.63) is 28.2 Å². The van der Waals surface area contributed by atoms with Crippen molar-refractivity contribution < 1.29 is 22.3 Å². The highest BCUT2D eigenvalue weighted by Crippen LogP contribution is 2.44. The summed E-state index contributed by atoms with van der Waals surface area (Å²) in [7, 11) is 0. The molecule has 0 saturated carbocycles. The molecule has 1 aromatic carbocycles. The van der Waals surface area contributed by atoms with Crippen LogP contribution in [-0.2, 0) is 0 Å². The molecule has 0 amide bonds. The number of alkyl halides is 5. The van der Waals surface area contributed by atoms with E-state index in [1.54, 1.807) is 6.92 Å². The van der Waals surface area contributed by atoms with Gasteiger partial charge in [-0.25, -0.2) is 8.78 Å². The summed E-state index contributed by atoms with van der Waals surface area (Å²) in [5.74, 6) is -3.85. The number of benzene rings is 1. The molecule has 0 heterocycles. The highest BCUT2D eigenvalue weighted by atomic mass is 79.9. The second-order valence-corrected chi connectivity index (χ2v) is 4.74. The van der Waals surface area contributed by atoms with E-state index < -0.39 is 17.7 Å². The first-order valence-corrected chi connectivity index (χ1v) is 6.25. The number of halogens is 6. The average Bonchev–Trinajstić information content (AvgIpc) is 2.28. The Morgan fingerprint density at radius 2 is 2.00 bits per heavy atom. The van der Waals surface area contributed by atoms with Crippen molar-refractivity contribution >= 4 is 27.5 Å². The molecule has 1 nitrogen and oxygen atoms in total. The summed E-state index contributed by atoms with van der Waals surface area (Å²) in [4.78, 5) is 0. The Labute approximate surface area is 115 Å². The maximum Gasteiger partial charge on any atom is 0.327 e. The Balaban J connectivity index is 3.03. The molecule has 0 aliphatic rings. The van der Waals surface area contributed by atoms with Crippen molar-refractivity contribution in [1.82, 2.24) is 0 Å². The van der Waals surface area contributed by atoms with Crippen LogP contribution in [-0.4, -0.2) is 19.0 Å². The Morgan fingerprint density at radius 3 is 2.44 bits per heavy atom. The van der Waals surface area contributed by atoms with E-state index >= 15 is 0 Å². The Kier molecular flexibility index (Phi) is 5.28. The maximum atomic E-state index is 13.1. The summed E-state index contributed by atoms with van der Waals surface area (Å²) in [6.45, 7) is 2.17. The van der Waals surface area contributed by atoms with Gasteiger partial charge >= 0.3 is 12.3 Å². The minimum absolute atomic E-state index is 0.106. The number of rotatable bonds is 5. The van der Waals surface area contributed by atoms with Crippen molar-refractivity contribution in [2.75, 3.05) is 6.61 Å². The van der Waals surface area contributed by atoms with Crippen LogP contribution in [0.2, 0.25) is 0 Å². The van der Waals surface area contributed by atoms with Gasteiger partial charge in [-0.05, 0) is 24.6 Å². The van der Waals surface area contributed by atoms with Crippen molar-refractivity contribution in [1.29, 1.82) is 0 Å². The number of hydrogen-bond donors (Lipinski definition) is 0.